The van der Waals surface area contributed by atoms with Crippen LogP contribution < -0.4 is 15.4 Å². The quantitative estimate of drug-likeness (QED) is 0.699. The predicted octanol–water partition coefficient (Wildman–Crippen LogP) is 3.45. The van der Waals surface area contributed by atoms with E-state index in [1.54, 1.807) is 12.1 Å². The first-order chi connectivity index (χ1) is 13.7. The summed E-state index contributed by atoms with van der Waals surface area (Å²) in [6, 6.07) is 11.2. The molecule has 0 unspecified atom stereocenters. The zero-order valence-corrected chi connectivity index (χ0v) is 15.9. The van der Waals surface area contributed by atoms with Gasteiger partial charge in [-0.3, -0.25) is 9.59 Å². The molecule has 0 saturated carbocycles. The van der Waals surface area contributed by atoms with Gasteiger partial charge in [0.25, 0.3) is 5.91 Å². The highest BCUT2D eigenvalue weighted by Crippen LogP contribution is 2.25. The molecule has 0 heterocycles. The summed E-state index contributed by atoms with van der Waals surface area (Å²) in [4.78, 5) is 24.2. The van der Waals surface area contributed by atoms with E-state index in [1.165, 1.54) is 31.4 Å². The molecule has 29 heavy (non-hydrogen) atoms. The molecular weight excluding hydrogens is 389 g/mol. The van der Waals surface area contributed by atoms with Gasteiger partial charge < -0.3 is 20.1 Å². The molecule has 0 saturated heterocycles. The Balaban J connectivity index is 1.84. The fourth-order valence-electron chi connectivity index (χ4n) is 2.41. The third kappa shape index (κ3) is 7.46. The van der Waals surface area contributed by atoms with Gasteiger partial charge in [-0.2, -0.15) is 13.2 Å². The third-order valence-corrected chi connectivity index (χ3v) is 3.79. The van der Waals surface area contributed by atoms with E-state index < -0.39 is 24.6 Å². The van der Waals surface area contributed by atoms with E-state index in [2.05, 4.69) is 15.4 Å². The van der Waals surface area contributed by atoms with Crippen molar-refractivity contribution in [2.45, 2.75) is 19.7 Å². The van der Waals surface area contributed by atoms with Crippen LogP contribution in [-0.4, -0.2) is 38.3 Å². The van der Waals surface area contributed by atoms with E-state index in [1.807, 2.05) is 13.0 Å². The number of alkyl halides is 3. The van der Waals surface area contributed by atoms with Crippen LogP contribution in [0.3, 0.4) is 0 Å². The summed E-state index contributed by atoms with van der Waals surface area (Å²) in [6.45, 7) is 0.0548. The molecule has 6 nitrogen and oxygen atoms in total. The molecule has 0 aliphatic carbocycles. The van der Waals surface area contributed by atoms with Crippen molar-refractivity contribution in [2.75, 3.05) is 25.6 Å². The van der Waals surface area contributed by atoms with Crippen LogP contribution >= 0.6 is 0 Å². The zero-order chi connectivity index (χ0) is 21.4. The van der Waals surface area contributed by atoms with E-state index in [0.29, 0.717) is 17.0 Å². The van der Waals surface area contributed by atoms with Gasteiger partial charge in [0.1, 0.15) is 12.4 Å². The van der Waals surface area contributed by atoms with E-state index in [4.69, 9.17) is 4.74 Å². The third-order valence-electron chi connectivity index (χ3n) is 3.79. The molecule has 0 aromatic heterocycles. The molecule has 156 valence electrons. The van der Waals surface area contributed by atoms with Crippen LogP contribution in [0.15, 0.2) is 42.5 Å². The van der Waals surface area contributed by atoms with Crippen molar-refractivity contribution in [1.82, 2.24) is 5.32 Å². The number of rotatable bonds is 8. The molecule has 2 amide bonds. The maximum atomic E-state index is 12.1. The normalized spacial score (nSPS) is 11.1. The monoisotopic (exact) mass is 410 g/mol. The van der Waals surface area contributed by atoms with Crippen LogP contribution in [0.5, 0.6) is 5.75 Å². The predicted molar refractivity (Wildman–Crippen MR) is 101 cm³/mol. The van der Waals surface area contributed by atoms with Gasteiger partial charge in [0.05, 0.1) is 25.9 Å². The summed E-state index contributed by atoms with van der Waals surface area (Å²) in [5.41, 5.74) is 2.19. The van der Waals surface area contributed by atoms with E-state index >= 15 is 0 Å². The van der Waals surface area contributed by atoms with E-state index in [0.717, 1.165) is 5.56 Å². The van der Waals surface area contributed by atoms with Gasteiger partial charge >= 0.3 is 6.18 Å². The summed E-state index contributed by atoms with van der Waals surface area (Å²) >= 11 is 0. The number of carbonyl (C=O) groups excluding carboxylic acids is 2. The molecule has 0 radical (unpaired) electrons. The van der Waals surface area contributed by atoms with Crippen molar-refractivity contribution in [1.29, 1.82) is 0 Å². The lowest BCUT2D eigenvalue weighted by molar-refractivity contribution is -0.176. The molecule has 0 spiro atoms. The van der Waals surface area contributed by atoms with Gasteiger partial charge in [-0.25, -0.2) is 0 Å². The lowest BCUT2D eigenvalue weighted by atomic mass is 10.1. The molecular formula is C20H21F3N2O4. The van der Waals surface area contributed by atoms with Gasteiger partial charge in [0.2, 0.25) is 5.91 Å². The van der Waals surface area contributed by atoms with Gasteiger partial charge in [0, 0.05) is 5.56 Å². The van der Waals surface area contributed by atoms with Crippen LogP contribution in [0, 0.1) is 6.92 Å². The van der Waals surface area contributed by atoms with Crippen molar-refractivity contribution in [3.05, 3.63) is 59.2 Å². The number of benzene rings is 2. The Morgan fingerprint density at radius 2 is 1.76 bits per heavy atom. The fourth-order valence-corrected chi connectivity index (χ4v) is 2.41. The maximum Gasteiger partial charge on any atom is 0.411 e. The smallest absolute Gasteiger partial charge is 0.411 e. The minimum absolute atomic E-state index is 0.220. The lowest BCUT2D eigenvalue weighted by Gasteiger charge is -2.12. The molecule has 0 aliphatic heterocycles. The Bertz CT molecular complexity index is 852. The standard InChI is InChI=1S/C20H21F3N2O4/c1-13-3-8-17(28-2)16(9-13)25-18(26)10-24-19(27)15-6-4-14(5-7-15)11-29-12-20(21,22)23/h3-9H,10-12H2,1-2H3,(H,24,27)(H,25,26). The zero-order valence-electron chi connectivity index (χ0n) is 15.9. The summed E-state index contributed by atoms with van der Waals surface area (Å²) in [6.07, 6.45) is -4.39. The number of ether oxygens (including phenoxy) is 2. The number of aryl methyl sites for hydroxylation is 1. The first kappa shape index (κ1) is 22.2. The largest absolute Gasteiger partial charge is 0.495 e. The van der Waals surface area contributed by atoms with Gasteiger partial charge in [0.15, 0.2) is 0 Å². The summed E-state index contributed by atoms with van der Waals surface area (Å²) in [5.74, 6) is -0.419. The van der Waals surface area contributed by atoms with Crippen molar-refractivity contribution < 1.29 is 32.2 Å². The minimum atomic E-state index is -4.39. The van der Waals surface area contributed by atoms with Crippen molar-refractivity contribution in [3.8, 4) is 5.75 Å². The second-order valence-corrected chi connectivity index (χ2v) is 6.24. The van der Waals surface area contributed by atoms with E-state index in [-0.39, 0.29) is 18.7 Å². The maximum absolute atomic E-state index is 12.1. The van der Waals surface area contributed by atoms with Crippen LogP contribution in [0.1, 0.15) is 21.5 Å². The molecule has 0 atom stereocenters. The number of carbonyl (C=O) groups is 2. The number of hydrogen-bond acceptors (Lipinski definition) is 4. The van der Waals surface area contributed by atoms with E-state index in [9.17, 15) is 22.8 Å². The fraction of sp³-hybridized carbons (Fsp3) is 0.300. The summed E-state index contributed by atoms with van der Waals surface area (Å²) in [7, 11) is 1.49. The number of halogens is 3. The molecule has 2 aromatic carbocycles. The summed E-state index contributed by atoms with van der Waals surface area (Å²) in [5, 5.41) is 5.15. The molecule has 2 N–H and O–H groups in total. The molecule has 9 heteroatoms. The Hall–Kier alpha value is -3.07. The molecule has 0 bridgehead atoms. The number of nitrogens with one attached hydrogen (secondary N) is 2. The topological polar surface area (TPSA) is 76.7 Å². The Kier molecular flexibility index (Phi) is 7.60. The average Bonchev–Trinajstić information content (AvgIpc) is 2.66. The lowest BCUT2D eigenvalue weighted by Crippen LogP contribution is -2.32. The Labute approximate surface area is 166 Å². The van der Waals surface area contributed by atoms with Crippen LogP contribution in [-0.2, 0) is 16.1 Å². The number of hydrogen-bond donors (Lipinski definition) is 2. The molecule has 2 aromatic rings. The first-order valence-electron chi connectivity index (χ1n) is 8.64. The highest BCUT2D eigenvalue weighted by molar-refractivity contribution is 5.99. The van der Waals surface area contributed by atoms with Crippen molar-refractivity contribution in [3.63, 3.8) is 0 Å². The second kappa shape index (κ2) is 9.92. The van der Waals surface area contributed by atoms with Crippen LogP contribution in [0.4, 0.5) is 18.9 Å². The second-order valence-electron chi connectivity index (χ2n) is 6.24. The van der Waals surface area contributed by atoms with Gasteiger partial charge in [-0.05, 0) is 42.3 Å². The number of amides is 2. The molecule has 0 fully saturated rings. The number of methoxy groups -OCH3 is 1. The average molecular weight is 410 g/mol. The molecule has 2 rings (SSSR count). The van der Waals surface area contributed by atoms with Gasteiger partial charge in [-0.1, -0.05) is 18.2 Å². The highest BCUT2D eigenvalue weighted by Gasteiger charge is 2.27. The Morgan fingerprint density at radius 1 is 1.07 bits per heavy atom. The SMILES string of the molecule is COc1ccc(C)cc1NC(=O)CNC(=O)c1ccc(COCC(F)(F)F)cc1. The summed E-state index contributed by atoms with van der Waals surface area (Å²) < 4.78 is 45.9. The van der Waals surface area contributed by atoms with Crippen molar-refractivity contribution in [2.24, 2.45) is 0 Å². The highest BCUT2D eigenvalue weighted by atomic mass is 19.4. The number of anilines is 1. The van der Waals surface area contributed by atoms with Crippen LogP contribution in [0.25, 0.3) is 0 Å². The van der Waals surface area contributed by atoms with Gasteiger partial charge in [-0.15, -0.1) is 0 Å². The molecule has 0 aliphatic rings. The first-order valence-corrected chi connectivity index (χ1v) is 8.64. The minimum Gasteiger partial charge on any atom is -0.495 e. The van der Waals surface area contributed by atoms with Crippen molar-refractivity contribution >= 4 is 17.5 Å². The Morgan fingerprint density at radius 3 is 2.38 bits per heavy atom. The van der Waals surface area contributed by atoms with Crippen LogP contribution in [0.2, 0.25) is 0 Å².